The first-order valence-corrected chi connectivity index (χ1v) is 7.96. The second kappa shape index (κ2) is 8.08. The zero-order valence-electron chi connectivity index (χ0n) is 13.2. The van der Waals surface area contributed by atoms with Crippen LogP contribution in [0.3, 0.4) is 0 Å². The number of morpholine rings is 1. The van der Waals surface area contributed by atoms with E-state index < -0.39 is 0 Å². The number of nitrogens with zero attached hydrogens (tertiary/aromatic N) is 2. The monoisotopic (exact) mass is 300 g/mol. The summed E-state index contributed by atoms with van der Waals surface area (Å²) in [6, 6.07) is 0. The van der Waals surface area contributed by atoms with Gasteiger partial charge in [0.2, 0.25) is 5.91 Å². The van der Waals surface area contributed by atoms with Crippen LogP contribution in [0.2, 0.25) is 0 Å². The van der Waals surface area contributed by atoms with Crippen LogP contribution in [0.15, 0.2) is 0 Å². The number of carbonyl (C=O) groups excluding carboxylic acids is 1. The Labute approximate surface area is 127 Å². The summed E-state index contributed by atoms with van der Waals surface area (Å²) in [7, 11) is 0. The number of piperidine rings is 1. The summed E-state index contributed by atoms with van der Waals surface area (Å²) in [6.07, 6.45) is 2.41. The van der Waals surface area contributed by atoms with Gasteiger partial charge in [-0.3, -0.25) is 9.69 Å². The zero-order valence-corrected chi connectivity index (χ0v) is 13.2. The molecule has 2 heterocycles. The molecule has 6 heteroatoms. The van der Waals surface area contributed by atoms with Gasteiger partial charge in [-0.25, -0.2) is 0 Å². The van der Waals surface area contributed by atoms with Crippen LogP contribution >= 0.6 is 0 Å². The fraction of sp³-hybridized carbons (Fsp3) is 0.933. The molecule has 0 radical (unpaired) electrons. The number of aliphatic hydroxyl groups excluding tert-OH is 1. The summed E-state index contributed by atoms with van der Waals surface area (Å²) < 4.78 is 11.3. The van der Waals surface area contributed by atoms with Crippen LogP contribution < -0.4 is 0 Å². The third kappa shape index (κ3) is 5.21. The Morgan fingerprint density at radius 1 is 1.29 bits per heavy atom. The lowest BCUT2D eigenvalue weighted by molar-refractivity contribution is -0.145. The minimum atomic E-state index is 0.0545. The van der Waals surface area contributed by atoms with Crippen LogP contribution in [0.5, 0.6) is 0 Å². The molecule has 6 nitrogen and oxygen atoms in total. The predicted octanol–water partition coefficient (Wildman–Crippen LogP) is 0.0955. The highest BCUT2D eigenvalue weighted by Crippen LogP contribution is 2.15. The molecular formula is C15H28N2O4. The number of aliphatic hydroxyl groups is 1. The number of ether oxygens (including phenoxy) is 2. The van der Waals surface area contributed by atoms with Crippen molar-refractivity contribution < 1.29 is 19.4 Å². The van der Waals surface area contributed by atoms with Crippen molar-refractivity contribution in [1.29, 1.82) is 0 Å². The van der Waals surface area contributed by atoms with Crippen LogP contribution in [0.4, 0.5) is 0 Å². The summed E-state index contributed by atoms with van der Waals surface area (Å²) in [5, 5.41) is 8.82. The molecule has 2 aliphatic rings. The number of hydrogen-bond donors (Lipinski definition) is 1. The Bertz CT molecular complexity index is 330. The molecule has 122 valence electrons. The predicted molar refractivity (Wildman–Crippen MR) is 79.1 cm³/mol. The topological polar surface area (TPSA) is 62.2 Å². The van der Waals surface area contributed by atoms with Gasteiger partial charge in [-0.1, -0.05) is 0 Å². The van der Waals surface area contributed by atoms with E-state index in [1.807, 2.05) is 18.7 Å². The summed E-state index contributed by atoms with van der Waals surface area (Å²) in [6.45, 7) is 8.00. The smallest absolute Gasteiger partial charge is 0.236 e. The molecule has 2 fully saturated rings. The lowest BCUT2D eigenvalue weighted by atomic mass is 10.1. The van der Waals surface area contributed by atoms with Crippen molar-refractivity contribution in [3.63, 3.8) is 0 Å². The highest BCUT2D eigenvalue weighted by molar-refractivity contribution is 5.78. The molecule has 1 N–H and O–H groups in total. The average Bonchev–Trinajstić information content (AvgIpc) is 2.44. The Balaban J connectivity index is 1.78. The largest absolute Gasteiger partial charge is 0.394 e. The summed E-state index contributed by atoms with van der Waals surface area (Å²) >= 11 is 0. The second-order valence-electron chi connectivity index (χ2n) is 6.15. The van der Waals surface area contributed by atoms with E-state index in [-0.39, 0.29) is 30.8 Å². The SMILES string of the molecule is CC1CN(C(=O)CN2CCCC(OCCO)C2)CC(C)O1. The fourth-order valence-corrected chi connectivity index (χ4v) is 3.18. The third-order valence-corrected chi connectivity index (χ3v) is 4.04. The molecule has 3 unspecified atom stereocenters. The lowest BCUT2D eigenvalue weighted by Crippen LogP contribution is -2.52. The van der Waals surface area contributed by atoms with Crippen molar-refractivity contribution in [3.8, 4) is 0 Å². The second-order valence-corrected chi connectivity index (χ2v) is 6.15. The van der Waals surface area contributed by atoms with Gasteiger partial charge in [0.15, 0.2) is 0 Å². The highest BCUT2D eigenvalue weighted by Gasteiger charge is 2.28. The Hall–Kier alpha value is -0.690. The van der Waals surface area contributed by atoms with Gasteiger partial charge >= 0.3 is 0 Å². The molecule has 0 spiro atoms. The summed E-state index contributed by atoms with van der Waals surface area (Å²) in [5.74, 6) is 0.180. The van der Waals surface area contributed by atoms with Crippen molar-refractivity contribution in [1.82, 2.24) is 9.80 Å². The maximum absolute atomic E-state index is 12.4. The van der Waals surface area contributed by atoms with E-state index in [2.05, 4.69) is 4.90 Å². The molecule has 0 aromatic carbocycles. The van der Waals surface area contributed by atoms with Gasteiger partial charge in [-0.05, 0) is 33.2 Å². The quantitative estimate of drug-likeness (QED) is 0.780. The van der Waals surface area contributed by atoms with Crippen LogP contribution in [0.25, 0.3) is 0 Å². The van der Waals surface area contributed by atoms with Crippen molar-refractivity contribution in [2.24, 2.45) is 0 Å². The number of amides is 1. The Kier molecular flexibility index (Phi) is 6.41. The van der Waals surface area contributed by atoms with Crippen LogP contribution in [0, 0.1) is 0 Å². The van der Waals surface area contributed by atoms with Gasteiger partial charge in [0.05, 0.1) is 38.1 Å². The molecule has 0 aromatic rings. The highest BCUT2D eigenvalue weighted by atomic mass is 16.5. The van der Waals surface area contributed by atoms with Crippen molar-refractivity contribution in [3.05, 3.63) is 0 Å². The molecule has 0 aromatic heterocycles. The molecule has 0 saturated carbocycles. The van der Waals surface area contributed by atoms with Gasteiger partial charge in [0.1, 0.15) is 0 Å². The van der Waals surface area contributed by atoms with E-state index in [1.54, 1.807) is 0 Å². The average molecular weight is 300 g/mol. The molecular weight excluding hydrogens is 272 g/mol. The van der Waals surface area contributed by atoms with E-state index in [1.165, 1.54) is 0 Å². The van der Waals surface area contributed by atoms with Crippen LogP contribution in [0.1, 0.15) is 26.7 Å². The number of rotatable bonds is 5. The van der Waals surface area contributed by atoms with Gasteiger partial charge < -0.3 is 19.5 Å². The molecule has 0 aliphatic carbocycles. The van der Waals surface area contributed by atoms with Gasteiger partial charge in [-0.2, -0.15) is 0 Å². The van der Waals surface area contributed by atoms with E-state index in [9.17, 15) is 4.79 Å². The molecule has 3 atom stereocenters. The Morgan fingerprint density at radius 3 is 2.67 bits per heavy atom. The van der Waals surface area contributed by atoms with Crippen LogP contribution in [-0.2, 0) is 14.3 Å². The number of carbonyl (C=O) groups is 1. The maximum Gasteiger partial charge on any atom is 0.236 e. The first kappa shape index (κ1) is 16.7. The standard InChI is InChI=1S/C15H28N2O4/c1-12-8-17(9-13(2)21-12)15(19)11-16-5-3-4-14(10-16)20-7-6-18/h12-14,18H,3-11H2,1-2H3. The van der Waals surface area contributed by atoms with Gasteiger partial charge in [-0.15, -0.1) is 0 Å². The summed E-state index contributed by atoms with van der Waals surface area (Å²) in [5.41, 5.74) is 0. The lowest BCUT2D eigenvalue weighted by Gasteiger charge is -2.38. The molecule has 1 amide bonds. The molecule has 2 saturated heterocycles. The Morgan fingerprint density at radius 2 is 2.00 bits per heavy atom. The van der Waals surface area contributed by atoms with Crippen molar-refractivity contribution >= 4 is 5.91 Å². The van der Waals surface area contributed by atoms with E-state index >= 15 is 0 Å². The first-order chi connectivity index (χ1) is 10.1. The first-order valence-electron chi connectivity index (χ1n) is 7.96. The summed E-state index contributed by atoms with van der Waals surface area (Å²) in [4.78, 5) is 16.5. The van der Waals surface area contributed by atoms with Crippen LogP contribution in [-0.4, -0.2) is 85.1 Å². The molecule has 21 heavy (non-hydrogen) atoms. The van der Waals surface area contributed by atoms with Gasteiger partial charge in [0, 0.05) is 19.6 Å². The number of hydrogen-bond acceptors (Lipinski definition) is 5. The van der Waals surface area contributed by atoms with E-state index in [0.29, 0.717) is 26.2 Å². The van der Waals surface area contributed by atoms with Crippen molar-refractivity contribution in [2.45, 2.75) is 45.0 Å². The number of likely N-dealkylation sites (tertiary alicyclic amines) is 1. The fourth-order valence-electron chi connectivity index (χ4n) is 3.18. The zero-order chi connectivity index (χ0) is 15.2. The van der Waals surface area contributed by atoms with E-state index in [0.717, 1.165) is 25.9 Å². The third-order valence-electron chi connectivity index (χ3n) is 4.04. The van der Waals surface area contributed by atoms with Crippen molar-refractivity contribution in [2.75, 3.05) is 45.9 Å². The minimum Gasteiger partial charge on any atom is -0.394 e. The maximum atomic E-state index is 12.4. The minimum absolute atomic E-state index is 0.0545. The molecule has 2 rings (SSSR count). The normalized spacial score (nSPS) is 31.4. The van der Waals surface area contributed by atoms with E-state index in [4.69, 9.17) is 14.6 Å². The molecule has 2 aliphatic heterocycles. The molecule has 0 bridgehead atoms. The van der Waals surface area contributed by atoms with Gasteiger partial charge in [0.25, 0.3) is 0 Å².